The van der Waals surface area contributed by atoms with Crippen LogP contribution in [0.2, 0.25) is 5.02 Å². The third kappa shape index (κ3) is 4.76. The molecule has 1 amide bonds. The van der Waals surface area contributed by atoms with Gasteiger partial charge in [-0.15, -0.1) is 0 Å². The number of H-pyrrole nitrogens is 1. The number of fused-ring (bicyclic) bond motifs is 1. The molecule has 1 aliphatic heterocycles. The monoisotopic (exact) mass is 499 g/mol. The second kappa shape index (κ2) is 10.2. The van der Waals surface area contributed by atoms with Crippen LogP contribution in [0.4, 0.5) is 0 Å². The smallest absolute Gasteiger partial charge is 0.273 e. The Kier molecular flexibility index (Phi) is 6.84. The van der Waals surface area contributed by atoms with Gasteiger partial charge in [0, 0.05) is 22.7 Å². The molecule has 0 saturated carbocycles. The number of hydrogen-bond donors (Lipinski definition) is 1. The molecule has 0 radical (unpaired) electrons. The first-order valence-electron chi connectivity index (χ1n) is 12.3. The van der Waals surface area contributed by atoms with Crippen molar-refractivity contribution in [3.05, 3.63) is 106 Å². The Labute approximate surface area is 217 Å². The van der Waals surface area contributed by atoms with Crippen molar-refractivity contribution >= 4 is 17.5 Å². The highest BCUT2D eigenvalue weighted by molar-refractivity contribution is 6.31. The van der Waals surface area contributed by atoms with Crippen molar-refractivity contribution in [3.8, 4) is 17.0 Å². The number of carbonyl (C=O) groups is 1. The lowest BCUT2D eigenvalue weighted by Crippen LogP contribution is -2.29. The van der Waals surface area contributed by atoms with Crippen molar-refractivity contribution in [2.75, 3.05) is 6.61 Å². The molecule has 1 unspecified atom stereocenters. The van der Waals surface area contributed by atoms with E-state index in [9.17, 15) is 4.79 Å². The molecule has 4 aromatic rings. The summed E-state index contributed by atoms with van der Waals surface area (Å²) in [5.74, 6) is 1.33. The van der Waals surface area contributed by atoms with Crippen molar-refractivity contribution in [2.45, 2.75) is 39.8 Å². The number of rotatable bonds is 8. The highest BCUT2D eigenvalue weighted by atomic mass is 35.5. The fourth-order valence-electron chi connectivity index (χ4n) is 4.61. The number of benzene rings is 3. The Bertz CT molecular complexity index is 1360. The van der Waals surface area contributed by atoms with Gasteiger partial charge in [0.2, 0.25) is 0 Å². The Morgan fingerprint density at radius 2 is 1.75 bits per heavy atom. The maximum atomic E-state index is 13.7. The van der Waals surface area contributed by atoms with E-state index < -0.39 is 0 Å². The van der Waals surface area contributed by atoms with E-state index in [0.29, 0.717) is 29.8 Å². The van der Waals surface area contributed by atoms with Crippen LogP contribution in [0.3, 0.4) is 0 Å². The first-order chi connectivity index (χ1) is 17.4. The standard InChI is InChI=1S/C30H30ClN3O2/c1-19(2)16-17-36-24-14-12-22(13-15-24)29-26-27(21-10-8-20(3)9-11-21)32-33-28(26)30(35)34(29)18-23-6-4-5-7-25(23)31/h4-15,19,29H,16-18H2,1-3H3,(H,32,33). The fraction of sp³-hybridized carbons (Fsp3) is 0.267. The Morgan fingerprint density at radius 3 is 2.44 bits per heavy atom. The number of hydrogen-bond acceptors (Lipinski definition) is 3. The van der Waals surface area contributed by atoms with Crippen LogP contribution < -0.4 is 4.74 Å². The van der Waals surface area contributed by atoms with Crippen LogP contribution in [-0.2, 0) is 6.54 Å². The molecule has 5 rings (SSSR count). The minimum atomic E-state index is -0.302. The van der Waals surface area contributed by atoms with Gasteiger partial charge in [-0.05, 0) is 48.6 Å². The maximum absolute atomic E-state index is 13.7. The number of aromatic nitrogens is 2. The lowest BCUT2D eigenvalue weighted by Gasteiger charge is -2.27. The average molecular weight is 500 g/mol. The first kappa shape index (κ1) is 24.1. The summed E-state index contributed by atoms with van der Waals surface area (Å²) in [6.45, 7) is 7.50. The van der Waals surface area contributed by atoms with Crippen LogP contribution in [0.25, 0.3) is 11.3 Å². The van der Waals surface area contributed by atoms with Crippen molar-refractivity contribution in [1.82, 2.24) is 15.1 Å². The van der Waals surface area contributed by atoms with Gasteiger partial charge in [0.05, 0.1) is 18.3 Å². The van der Waals surface area contributed by atoms with Gasteiger partial charge in [-0.2, -0.15) is 5.10 Å². The molecule has 2 heterocycles. The molecule has 0 bridgehead atoms. The quantitative estimate of drug-likeness (QED) is 0.278. The molecule has 36 heavy (non-hydrogen) atoms. The van der Waals surface area contributed by atoms with Crippen LogP contribution in [0.1, 0.15) is 59.1 Å². The third-order valence-electron chi connectivity index (χ3n) is 6.65. The average Bonchev–Trinajstić information content (AvgIpc) is 3.40. The van der Waals surface area contributed by atoms with Crippen LogP contribution >= 0.6 is 11.6 Å². The molecule has 3 aromatic carbocycles. The number of halogens is 1. The SMILES string of the molecule is Cc1ccc(-c2n[nH]c3c2C(c2ccc(OCCC(C)C)cc2)N(Cc2ccccc2Cl)C3=O)cc1. The summed E-state index contributed by atoms with van der Waals surface area (Å²) >= 11 is 6.49. The minimum absolute atomic E-state index is 0.0851. The molecule has 1 aliphatic rings. The van der Waals surface area contributed by atoms with E-state index in [4.69, 9.17) is 16.3 Å². The van der Waals surface area contributed by atoms with Gasteiger partial charge in [-0.25, -0.2) is 0 Å². The van der Waals surface area contributed by atoms with E-state index >= 15 is 0 Å². The minimum Gasteiger partial charge on any atom is -0.494 e. The highest BCUT2D eigenvalue weighted by Crippen LogP contribution is 2.44. The zero-order valence-electron chi connectivity index (χ0n) is 20.8. The van der Waals surface area contributed by atoms with E-state index in [1.165, 1.54) is 5.56 Å². The van der Waals surface area contributed by atoms with Crippen LogP contribution in [0.15, 0.2) is 72.8 Å². The molecule has 6 heteroatoms. The molecule has 0 fully saturated rings. The highest BCUT2D eigenvalue weighted by Gasteiger charge is 2.42. The van der Waals surface area contributed by atoms with Crippen molar-refractivity contribution in [2.24, 2.45) is 5.92 Å². The zero-order valence-corrected chi connectivity index (χ0v) is 21.5. The molecule has 0 spiro atoms. The summed E-state index contributed by atoms with van der Waals surface area (Å²) in [7, 11) is 0. The number of carbonyl (C=O) groups excluding carboxylic acids is 1. The van der Waals surface area contributed by atoms with E-state index in [1.54, 1.807) is 0 Å². The molecular formula is C30H30ClN3O2. The van der Waals surface area contributed by atoms with Gasteiger partial charge >= 0.3 is 0 Å². The molecule has 5 nitrogen and oxygen atoms in total. The number of aromatic amines is 1. The summed E-state index contributed by atoms with van der Waals surface area (Å²) in [5.41, 5.74) is 6.27. The summed E-state index contributed by atoms with van der Waals surface area (Å²) in [6.07, 6.45) is 1.00. The molecule has 184 valence electrons. The van der Waals surface area contributed by atoms with Crippen molar-refractivity contribution in [3.63, 3.8) is 0 Å². The van der Waals surface area contributed by atoms with E-state index in [1.807, 2.05) is 53.4 Å². The van der Waals surface area contributed by atoms with E-state index in [0.717, 1.165) is 40.1 Å². The Hall–Kier alpha value is -3.57. The summed E-state index contributed by atoms with van der Waals surface area (Å²) in [4.78, 5) is 15.5. The largest absolute Gasteiger partial charge is 0.494 e. The van der Waals surface area contributed by atoms with E-state index in [2.05, 4.69) is 55.2 Å². The second-order valence-corrected chi connectivity index (χ2v) is 10.2. The molecule has 0 aliphatic carbocycles. The molecular weight excluding hydrogens is 470 g/mol. The summed E-state index contributed by atoms with van der Waals surface area (Å²) in [5, 5.41) is 8.25. The molecule has 1 aromatic heterocycles. The Balaban J connectivity index is 1.54. The predicted octanol–water partition coefficient (Wildman–Crippen LogP) is 7.21. The van der Waals surface area contributed by atoms with Gasteiger partial charge < -0.3 is 9.64 Å². The first-order valence-corrected chi connectivity index (χ1v) is 12.7. The van der Waals surface area contributed by atoms with Gasteiger partial charge in [0.15, 0.2) is 0 Å². The van der Waals surface area contributed by atoms with Gasteiger partial charge in [-0.3, -0.25) is 9.89 Å². The normalized spacial score (nSPS) is 15.0. The lowest BCUT2D eigenvalue weighted by atomic mass is 9.95. The molecule has 0 saturated heterocycles. The number of aryl methyl sites for hydroxylation is 1. The number of nitrogens with zero attached hydrogens (tertiary/aromatic N) is 2. The summed E-state index contributed by atoms with van der Waals surface area (Å²) in [6, 6.07) is 23.6. The lowest BCUT2D eigenvalue weighted by molar-refractivity contribution is 0.0730. The molecule has 1 atom stereocenters. The van der Waals surface area contributed by atoms with Gasteiger partial charge in [0.1, 0.15) is 11.4 Å². The predicted molar refractivity (Wildman–Crippen MR) is 143 cm³/mol. The molecule has 1 N–H and O–H groups in total. The number of ether oxygens (including phenoxy) is 1. The maximum Gasteiger partial charge on any atom is 0.273 e. The van der Waals surface area contributed by atoms with Crippen molar-refractivity contribution in [1.29, 1.82) is 0 Å². The fourth-order valence-corrected chi connectivity index (χ4v) is 4.80. The van der Waals surface area contributed by atoms with E-state index in [-0.39, 0.29) is 11.9 Å². The van der Waals surface area contributed by atoms with Gasteiger partial charge in [-0.1, -0.05) is 85.6 Å². The van der Waals surface area contributed by atoms with Crippen LogP contribution in [0.5, 0.6) is 5.75 Å². The van der Waals surface area contributed by atoms with Gasteiger partial charge in [0.25, 0.3) is 5.91 Å². The van der Waals surface area contributed by atoms with Crippen molar-refractivity contribution < 1.29 is 9.53 Å². The third-order valence-corrected chi connectivity index (χ3v) is 7.02. The summed E-state index contributed by atoms with van der Waals surface area (Å²) < 4.78 is 5.94. The second-order valence-electron chi connectivity index (χ2n) is 9.75. The Morgan fingerprint density at radius 1 is 1.03 bits per heavy atom. The topological polar surface area (TPSA) is 58.2 Å². The number of nitrogens with one attached hydrogen (secondary N) is 1. The van der Waals surface area contributed by atoms with Crippen LogP contribution in [0, 0.1) is 12.8 Å². The van der Waals surface area contributed by atoms with Crippen LogP contribution in [-0.4, -0.2) is 27.6 Å². The zero-order chi connectivity index (χ0) is 25.2. The number of amides is 1.